The van der Waals surface area contributed by atoms with Gasteiger partial charge in [0.15, 0.2) is 5.78 Å². The minimum atomic E-state index is 0.122. The molecule has 0 bridgehead atoms. The molecule has 1 aliphatic rings. The topological polar surface area (TPSA) is 37.3 Å². The molecule has 0 spiro atoms. The zero-order valence-electron chi connectivity index (χ0n) is 10.9. The lowest BCUT2D eigenvalue weighted by atomic mass is 10.0. The Morgan fingerprint density at radius 1 is 1.11 bits per heavy atom. The molecule has 18 heavy (non-hydrogen) atoms. The summed E-state index contributed by atoms with van der Waals surface area (Å²) in [7, 11) is 0. The Labute approximate surface area is 108 Å². The second kappa shape index (κ2) is 5.85. The Balaban J connectivity index is 2.00. The second-order valence-electron chi connectivity index (χ2n) is 4.92. The van der Waals surface area contributed by atoms with Crippen molar-refractivity contribution in [3.05, 3.63) is 46.7 Å². The van der Waals surface area contributed by atoms with E-state index in [0.29, 0.717) is 30.6 Å². The summed E-state index contributed by atoms with van der Waals surface area (Å²) in [5, 5.41) is 9.63. The smallest absolute Gasteiger partial charge is 0.162 e. The predicted molar refractivity (Wildman–Crippen MR) is 72.7 cm³/mol. The van der Waals surface area contributed by atoms with Gasteiger partial charge in [-0.15, -0.1) is 0 Å². The standard InChI is InChI=1S/C16H20O2/c1-2-4-12-5-3-6-13(11-12)7-8-14-15(17)9-10-16(14)18/h3,5-6,11,17H,2,4,7-10H2,1H3. The number of hydrogen-bond donors (Lipinski definition) is 1. The maximum Gasteiger partial charge on any atom is 0.162 e. The Morgan fingerprint density at radius 3 is 2.44 bits per heavy atom. The molecule has 0 amide bonds. The number of hydrogen-bond acceptors (Lipinski definition) is 2. The highest BCUT2D eigenvalue weighted by atomic mass is 16.3. The van der Waals surface area contributed by atoms with Crippen LogP contribution in [0.4, 0.5) is 0 Å². The predicted octanol–water partition coefficient (Wildman–Crippen LogP) is 3.75. The third kappa shape index (κ3) is 3.00. The number of aliphatic hydroxyl groups excluding tert-OH is 1. The van der Waals surface area contributed by atoms with E-state index in [9.17, 15) is 9.90 Å². The number of carbonyl (C=O) groups excluding carboxylic acids is 1. The lowest BCUT2D eigenvalue weighted by Crippen LogP contribution is -1.99. The van der Waals surface area contributed by atoms with Gasteiger partial charge in [-0.1, -0.05) is 37.6 Å². The van der Waals surface area contributed by atoms with Gasteiger partial charge in [0.25, 0.3) is 0 Å². The van der Waals surface area contributed by atoms with E-state index in [1.165, 1.54) is 11.1 Å². The molecule has 0 aromatic heterocycles. The Morgan fingerprint density at radius 2 is 1.83 bits per heavy atom. The van der Waals surface area contributed by atoms with E-state index >= 15 is 0 Å². The molecular weight excluding hydrogens is 224 g/mol. The van der Waals surface area contributed by atoms with E-state index in [1.807, 2.05) is 0 Å². The molecule has 0 fully saturated rings. The summed E-state index contributed by atoms with van der Waals surface area (Å²) in [6.45, 7) is 2.17. The second-order valence-corrected chi connectivity index (χ2v) is 4.92. The molecule has 2 heteroatoms. The molecular formula is C16H20O2. The van der Waals surface area contributed by atoms with Crippen molar-refractivity contribution in [2.45, 2.75) is 45.4 Å². The molecule has 0 saturated carbocycles. The van der Waals surface area contributed by atoms with Crippen molar-refractivity contribution in [3.8, 4) is 0 Å². The highest BCUT2D eigenvalue weighted by Gasteiger charge is 2.21. The first-order valence-electron chi connectivity index (χ1n) is 6.72. The summed E-state index contributed by atoms with van der Waals surface area (Å²) in [6.07, 6.45) is 4.76. The Kier molecular flexibility index (Phi) is 4.19. The van der Waals surface area contributed by atoms with Crippen LogP contribution in [0.25, 0.3) is 0 Å². The van der Waals surface area contributed by atoms with Crippen LogP contribution in [0.5, 0.6) is 0 Å². The lowest BCUT2D eigenvalue weighted by molar-refractivity contribution is -0.115. The van der Waals surface area contributed by atoms with Crippen LogP contribution in [-0.2, 0) is 17.6 Å². The number of aryl methyl sites for hydroxylation is 2. The van der Waals surface area contributed by atoms with E-state index in [2.05, 4.69) is 31.2 Å². The molecule has 0 unspecified atom stereocenters. The molecule has 0 heterocycles. The first-order valence-corrected chi connectivity index (χ1v) is 6.72. The number of ketones is 1. The first kappa shape index (κ1) is 12.9. The van der Waals surface area contributed by atoms with E-state index in [1.54, 1.807) is 0 Å². The number of benzene rings is 1. The summed E-state index contributed by atoms with van der Waals surface area (Å²) < 4.78 is 0. The molecule has 2 rings (SSSR count). The first-order chi connectivity index (χ1) is 8.70. The van der Waals surface area contributed by atoms with Gasteiger partial charge in [-0.2, -0.15) is 0 Å². The van der Waals surface area contributed by atoms with Crippen LogP contribution in [0.2, 0.25) is 0 Å². The van der Waals surface area contributed by atoms with Gasteiger partial charge in [-0.25, -0.2) is 0 Å². The molecule has 1 aromatic rings. The van der Waals surface area contributed by atoms with Gasteiger partial charge in [0, 0.05) is 18.4 Å². The molecule has 96 valence electrons. The SMILES string of the molecule is CCCc1cccc(CCC2=C(O)CCC2=O)c1. The van der Waals surface area contributed by atoms with Gasteiger partial charge in [0.05, 0.1) is 5.76 Å². The van der Waals surface area contributed by atoms with Gasteiger partial charge < -0.3 is 5.11 Å². The summed E-state index contributed by atoms with van der Waals surface area (Å²) in [6, 6.07) is 8.52. The third-order valence-corrected chi connectivity index (χ3v) is 3.47. The maximum atomic E-state index is 11.6. The lowest BCUT2D eigenvalue weighted by Gasteiger charge is -2.05. The van der Waals surface area contributed by atoms with E-state index in [4.69, 9.17) is 0 Å². The highest BCUT2D eigenvalue weighted by Crippen LogP contribution is 2.24. The molecule has 0 aliphatic heterocycles. The van der Waals surface area contributed by atoms with Crippen molar-refractivity contribution >= 4 is 5.78 Å². The summed E-state index contributed by atoms with van der Waals surface area (Å²) in [5.74, 6) is 0.432. The zero-order chi connectivity index (χ0) is 13.0. The summed E-state index contributed by atoms with van der Waals surface area (Å²) in [4.78, 5) is 11.6. The van der Waals surface area contributed by atoms with Crippen LogP contribution >= 0.6 is 0 Å². The molecule has 1 aromatic carbocycles. The Hall–Kier alpha value is -1.57. The molecule has 2 nitrogen and oxygen atoms in total. The molecule has 1 aliphatic carbocycles. The van der Waals surface area contributed by atoms with Crippen LogP contribution in [0.1, 0.15) is 43.7 Å². The summed E-state index contributed by atoms with van der Waals surface area (Å²) >= 11 is 0. The highest BCUT2D eigenvalue weighted by molar-refractivity contribution is 5.98. The quantitative estimate of drug-likeness (QED) is 0.856. The van der Waals surface area contributed by atoms with Crippen molar-refractivity contribution < 1.29 is 9.90 Å². The average Bonchev–Trinajstić information content (AvgIpc) is 2.68. The van der Waals surface area contributed by atoms with Crippen molar-refractivity contribution in [2.24, 2.45) is 0 Å². The zero-order valence-corrected chi connectivity index (χ0v) is 10.9. The molecule has 0 saturated heterocycles. The van der Waals surface area contributed by atoms with Crippen LogP contribution in [0.3, 0.4) is 0 Å². The van der Waals surface area contributed by atoms with Crippen LogP contribution in [-0.4, -0.2) is 10.9 Å². The number of carbonyl (C=O) groups is 1. The normalized spacial score (nSPS) is 15.5. The number of Topliss-reactive ketones (excluding diaryl/α,β-unsaturated/α-hetero) is 1. The van der Waals surface area contributed by atoms with Gasteiger partial charge >= 0.3 is 0 Å². The van der Waals surface area contributed by atoms with Crippen molar-refractivity contribution in [1.29, 1.82) is 0 Å². The van der Waals surface area contributed by atoms with E-state index < -0.39 is 0 Å². The summed E-state index contributed by atoms with van der Waals surface area (Å²) in [5.41, 5.74) is 3.25. The fourth-order valence-corrected chi connectivity index (χ4v) is 2.48. The van der Waals surface area contributed by atoms with Crippen LogP contribution in [0, 0.1) is 0 Å². The number of aliphatic hydroxyl groups is 1. The fourth-order valence-electron chi connectivity index (χ4n) is 2.48. The molecule has 0 radical (unpaired) electrons. The van der Waals surface area contributed by atoms with Gasteiger partial charge in [0.2, 0.25) is 0 Å². The molecule has 1 N–H and O–H groups in total. The van der Waals surface area contributed by atoms with Gasteiger partial charge in [0.1, 0.15) is 0 Å². The van der Waals surface area contributed by atoms with E-state index in [0.717, 1.165) is 19.3 Å². The minimum Gasteiger partial charge on any atom is -0.512 e. The number of rotatable bonds is 5. The van der Waals surface area contributed by atoms with E-state index in [-0.39, 0.29) is 5.78 Å². The molecule has 0 atom stereocenters. The minimum absolute atomic E-state index is 0.122. The van der Waals surface area contributed by atoms with Gasteiger partial charge in [-0.3, -0.25) is 4.79 Å². The average molecular weight is 244 g/mol. The van der Waals surface area contributed by atoms with Crippen molar-refractivity contribution in [3.63, 3.8) is 0 Å². The van der Waals surface area contributed by atoms with Crippen LogP contribution in [0.15, 0.2) is 35.6 Å². The van der Waals surface area contributed by atoms with Crippen LogP contribution < -0.4 is 0 Å². The van der Waals surface area contributed by atoms with Gasteiger partial charge in [-0.05, 0) is 30.4 Å². The van der Waals surface area contributed by atoms with Crippen molar-refractivity contribution in [1.82, 2.24) is 0 Å². The monoisotopic (exact) mass is 244 g/mol. The van der Waals surface area contributed by atoms with Crippen molar-refractivity contribution in [2.75, 3.05) is 0 Å². The third-order valence-electron chi connectivity index (χ3n) is 3.47. The largest absolute Gasteiger partial charge is 0.512 e. The Bertz CT molecular complexity index is 472. The number of allylic oxidation sites excluding steroid dienone is 2. The maximum absolute atomic E-state index is 11.6. The fraction of sp³-hybridized carbons (Fsp3) is 0.438.